The van der Waals surface area contributed by atoms with Crippen molar-refractivity contribution < 1.29 is 26.3 Å². The second kappa shape index (κ2) is 33.0. The summed E-state index contributed by atoms with van der Waals surface area (Å²) in [5.41, 5.74) is 0. The average Bonchev–Trinajstić information content (AvgIpc) is 1.50. The van der Waals surface area contributed by atoms with Crippen molar-refractivity contribution >= 4 is 22.5 Å². The van der Waals surface area contributed by atoms with E-state index in [-0.39, 0.29) is 0 Å². The SMILES string of the molecule is [O]=[Mo].[O]=[Sn]. The first-order valence-electron chi connectivity index (χ1n) is 0.371. The van der Waals surface area contributed by atoms with Gasteiger partial charge in [0.1, 0.15) is 0 Å². The first kappa shape index (κ1) is 8.92. The molecule has 22 valence electrons. The summed E-state index contributed by atoms with van der Waals surface area (Å²) < 4.78 is 16.6. The first-order valence-corrected chi connectivity index (χ1v) is 2.36. The third-order valence-corrected chi connectivity index (χ3v) is 0. The van der Waals surface area contributed by atoms with Gasteiger partial charge in [-0.15, -0.1) is 0 Å². The van der Waals surface area contributed by atoms with E-state index in [1.54, 1.807) is 0 Å². The summed E-state index contributed by atoms with van der Waals surface area (Å²) in [4.78, 5) is 0. The third kappa shape index (κ3) is 11.4. The molecule has 0 aliphatic carbocycles. The van der Waals surface area contributed by atoms with Crippen molar-refractivity contribution in [3.63, 3.8) is 0 Å². The Labute approximate surface area is 48.6 Å². The molecule has 0 unspecified atom stereocenters. The maximum absolute atomic E-state index is 8.34. The van der Waals surface area contributed by atoms with E-state index < -0.39 is 0 Å². The van der Waals surface area contributed by atoms with Gasteiger partial charge in [-0.05, 0) is 0 Å². The summed E-state index contributed by atoms with van der Waals surface area (Å²) in [7, 11) is 0. The Morgan fingerprint density at radius 1 is 1.25 bits per heavy atom. The minimum absolute atomic E-state index is 0.300. The van der Waals surface area contributed by atoms with Crippen LogP contribution in [0.5, 0.6) is 0 Å². The van der Waals surface area contributed by atoms with E-state index in [0.717, 1.165) is 0 Å². The van der Waals surface area contributed by atoms with Crippen LogP contribution in [-0.2, 0) is 26.3 Å². The summed E-state index contributed by atoms with van der Waals surface area (Å²) in [6, 6.07) is 0. The summed E-state index contributed by atoms with van der Waals surface area (Å²) in [6.07, 6.45) is 0. The van der Waals surface area contributed by atoms with E-state index in [1.807, 2.05) is 0 Å². The van der Waals surface area contributed by atoms with Gasteiger partial charge in [-0.1, -0.05) is 0 Å². The van der Waals surface area contributed by atoms with E-state index in [4.69, 9.17) is 6.47 Å². The normalized spacial score (nSPS) is 2.00. The van der Waals surface area contributed by atoms with Crippen LogP contribution in [0.15, 0.2) is 0 Å². The van der Waals surface area contributed by atoms with Gasteiger partial charge in [0.15, 0.2) is 0 Å². The van der Waals surface area contributed by atoms with Crippen molar-refractivity contribution in [2.24, 2.45) is 0 Å². The molecule has 0 fully saturated rings. The molecule has 0 spiro atoms. The molecule has 0 N–H and O–H groups in total. The number of rotatable bonds is 0. The number of hydrogen-bond donors (Lipinski definition) is 0. The Morgan fingerprint density at radius 3 is 1.25 bits per heavy atom. The Balaban J connectivity index is 0. The molecule has 0 aromatic rings. The molecule has 0 amide bonds. The molecule has 0 aliphatic heterocycles. The fourth-order valence-corrected chi connectivity index (χ4v) is 0. The van der Waals surface area contributed by atoms with E-state index in [2.05, 4.69) is 0 Å². The molecule has 0 rings (SSSR count). The van der Waals surface area contributed by atoms with Gasteiger partial charge in [0.25, 0.3) is 0 Å². The van der Waals surface area contributed by atoms with Crippen LogP contribution in [0, 0.1) is 0 Å². The second-order valence-electron chi connectivity index (χ2n) is 0. The molecule has 0 bridgehead atoms. The quantitative estimate of drug-likeness (QED) is 0.534. The second-order valence-corrected chi connectivity index (χ2v) is 0. The molecule has 0 atom stereocenters. The van der Waals surface area contributed by atoms with E-state index in [1.165, 1.54) is 0 Å². The van der Waals surface area contributed by atoms with Crippen LogP contribution in [0.4, 0.5) is 0 Å². The molecule has 4 heavy (non-hydrogen) atoms. The van der Waals surface area contributed by atoms with E-state index in [0.29, 0.717) is 42.3 Å². The van der Waals surface area contributed by atoms with Gasteiger partial charge in [0.2, 0.25) is 0 Å². The van der Waals surface area contributed by atoms with Crippen LogP contribution in [0.2, 0.25) is 0 Å². The molecule has 0 heterocycles. The van der Waals surface area contributed by atoms with Crippen LogP contribution in [0.3, 0.4) is 0 Å². The first-order chi connectivity index (χ1) is 2.00. The van der Waals surface area contributed by atoms with Gasteiger partial charge >= 0.3 is 48.8 Å². The van der Waals surface area contributed by atoms with Crippen molar-refractivity contribution in [3.8, 4) is 0 Å². The zero-order chi connectivity index (χ0) is 4.00. The Bertz CT molecular complexity index is 8.00. The zero-order valence-corrected chi connectivity index (χ0v) is 6.59. The molecule has 0 aromatic heterocycles. The van der Waals surface area contributed by atoms with Crippen molar-refractivity contribution in [2.45, 2.75) is 0 Å². The predicted octanol–water partition coefficient (Wildman–Crippen LogP) is -0.621. The average molecular weight is 247 g/mol. The summed E-state index contributed by atoms with van der Waals surface area (Å²) >= 11 is 1.00. The van der Waals surface area contributed by atoms with Crippen molar-refractivity contribution in [3.05, 3.63) is 0 Å². The van der Waals surface area contributed by atoms with Crippen molar-refractivity contribution in [1.29, 1.82) is 0 Å². The summed E-state index contributed by atoms with van der Waals surface area (Å²) in [6.45, 7) is 0. The topological polar surface area (TPSA) is 34.1 Å². The van der Waals surface area contributed by atoms with E-state index >= 15 is 0 Å². The molecule has 0 aliphatic rings. The van der Waals surface area contributed by atoms with Gasteiger partial charge in [-0.2, -0.15) is 0 Å². The van der Waals surface area contributed by atoms with Crippen molar-refractivity contribution in [2.75, 3.05) is 0 Å². The van der Waals surface area contributed by atoms with Gasteiger partial charge in [-0.3, -0.25) is 0 Å². The Morgan fingerprint density at radius 2 is 1.25 bits per heavy atom. The fraction of sp³-hybridized carbons (Fsp3) is 0. The van der Waals surface area contributed by atoms with E-state index in [9.17, 15) is 0 Å². The fourth-order valence-electron chi connectivity index (χ4n) is 0. The standard InChI is InChI=1S/Mo.2O.Sn. The van der Waals surface area contributed by atoms with Gasteiger partial charge < -0.3 is 0 Å². The molecular formula is MoO2Sn. The van der Waals surface area contributed by atoms with Crippen LogP contribution in [0.25, 0.3) is 0 Å². The molecule has 2 nitrogen and oxygen atoms in total. The molecule has 4 heteroatoms. The Hall–Kier alpha value is 1.09. The van der Waals surface area contributed by atoms with Gasteiger partial charge in [-0.25, -0.2) is 0 Å². The minimum atomic E-state index is 0.300. The van der Waals surface area contributed by atoms with Crippen LogP contribution in [0.1, 0.15) is 0 Å². The molecule has 0 saturated carbocycles. The van der Waals surface area contributed by atoms with Gasteiger partial charge in [0, 0.05) is 0 Å². The van der Waals surface area contributed by atoms with Crippen molar-refractivity contribution in [1.82, 2.24) is 0 Å². The van der Waals surface area contributed by atoms with Crippen LogP contribution in [-0.4, -0.2) is 22.5 Å². The summed E-state index contributed by atoms with van der Waals surface area (Å²) in [5, 5.41) is 0. The zero-order valence-electron chi connectivity index (χ0n) is 1.72. The monoisotopic (exact) mass is 250 g/mol. The Kier molecular flexibility index (Phi) is 73.5. The van der Waals surface area contributed by atoms with Crippen LogP contribution < -0.4 is 0 Å². The third-order valence-electron chi connectivity index (χ3n) is 0. The summed E-state index contributed by atoms with van der Waals surface area (Å²) in [5.74, 6) is 0. The molecule has 2 radical (unpaired) electrons. The predicted molar refractivity (Wildman–Crippen MR) is 7.13 cm³/mol. The molecule has 0 aromatic carbocycles. The maximum atomic E-state index is 8.34. The molecule has 0 saturated heterocycles. The molecular weight excluding hydrogens is 247 g/mol. The van der Waals surface area contributed by atoms with Crippen LogP contribution >= 0.6 is 0 Å². The van der Waals surface area contributed by atoms with Gasteiger partial charge in [0.05, 0.1) is 0 Å². The number of hydrogen-bond acceptors (Lipinski definition) is 2.